The molecule has 0 bridgehead atoms. The molecule has 1 saturated heterocycles. The Labute approximate surface area is 117 Å². The van der Waals surface area contributed by atoms with E-state index in [-0.39, 0.29) is 6.03 Å². The highest BCUT2D eigenvalue weighted by molar-refractivity contribution is 5.73. The number of likely N-dealkylation sites (tertiary alicyclic amines) is 1. The number of urea groups is 1. The lowest BCUT2D eigenvalue weighted by Gasteiger charge is -2.34. The van der Waals surface area contributed by atoms with Crippen LogP contribution in [-0.2, 0) is 4.74 Å². The molecule has 0 aromatic rings. The molecular formula is C14H29N3O2. The number of piperidine rings is 1. The molecule has 1 aliphatic rings. The van der Waals surface area contributed by atoms with Gasteiger partial charge in [-0.3, -0.25) is 4.90 Å². The Morgan fingerprint density at radius 1 is 1.37 bits per heavy atom. The first-order valence-electron chi connectivity index (χ1n) is 7.38. The summed E-state index contributed by atoms with van der Waals surface area (Å²) in [6.07, 6.45) is 3.39. The summed E-state index contributed by atoms with van der Waals surface area (Å²) in [5.41, 5.74) is 0. The SMILES string of the molecule is COCCCNC(=O)NCC(C)N1CCC(C)CC1. The summed E-state index contributed by atoms with van der Waals surface area (Å²) in [6.45, 7) is 8.86. The first kappa shape index (κ1) is 16.2. The Kier molecular flexibility index (Phi) is 7.82. The zero-order valence-corrected chi connectivity index (χ0v) is 12.6. The standard InChI is InChI=1S/C14H29N3O2/c1-12-5-8-17(9-6-12)13(2)11-16-14(18)15-7-4-10-19-3/h12-13H,4-11H2,1-3H3,(H2,15,16,18). The summed E-state index contributed by atoms with van der Waals surface area (Å²) >= 11 is 0. The number of hydrogen-bond acceptors (Lipinski definition) is 3. The minimum atomic E-state index is -0.0756. The van der Waals surface area contributed by atoms with Crippen LogP contribution >= 0.6 is 0 Å². The highest BCUT2D eigenvalue weighted by Crippen LogP contribution is 2.17. The molecule has 1 rings (SSSR count). The molecule has 0 aliphatic carbocycles. The van der Waals surface area contributed by atoms with E-state index in [1.54, 1.807) is 7.11 Å². The number of hydrogen-bond donors (Lipinski definition) is 2. The van der Waals surface area contributed by atoms with E-state index in [9.17, 15) is 4.79 Å². The van der Waals surface area contributed by atoms with E-state index in [4.69, 9.17) is 4.74 Å². The number of carbonyl (C=O) groups excluding carboxylic acids is 1. The molecule has 0 aromatic heterocycles. The predicted molar refractivity (Wildman–Crippen MR) is 77.3 cm³/mol. The predicted octanol–water partition coefficient (Wildman–Crippen LogP) is 1.44. The molecule has 1 atom stereocenters. The molecule has 19 heavy (non-hydrogen) atoms. The lowest BCUT2D eigenvalue weighted by atomic mass is 9.98. The van der Waals surface area contributed by atoms with E-state index >= 15 is 0 Å². The third-order valence-electron chi connectivity index (χ3n) is 3.81. The fraction of sp³-hybridized carbons (Fsp3) is 0.929. The number of methoxy groups -OCH3 is 1. The Morgan fingerprint density at radius 2 is 2.05 bits per heavy atom. The normalized spacial score (nSPS) is 19.1. The fourth-order valence-corrected chi connectivity index (χ4v) is 2.32. The molecule has 112 valence electrons. The van der Waals surface area contributed by atoms with Crippen LogP contribution in [0.4, 0.5) is 4.79 Å². The van der Waals surface area contributed by atoms with Gasteiger partial charge in [-0.25, -0.2) is 4.79 Å². The van der Waals surface area contributed by atoms with Crippen molar-refractivity contribution in [3.63, 3.8) is 0 Å². The van der Waals surface area contributed by atoms with E-state index in [1.807, 2.05) is 0 Å². The maximum absolute atomic E-state index is 11.6. The second-order valence-electron chi connectivity index (χ2n) is 5.55. The second kappa shape index (κ2) is 9.15. The van der Waals surface area contributed by atoms with Gasteiger partial charge in [0.1, 0.15) is 0 Å². The number of nitrogens with zero attached hydrogens (tertiary/aromatic N) is 1. The Hall–Kier alpha value is -0.810. The van der Waals surface area contributed by atoms with E-state index in [0.29, 0.717) is 25.7 Å². The van der Waals surface area contributed by atoms with Crippen LogP contribution in [0.25, 0.3) is 0 Å². The Bertz CT molecular complexity index is 253. The van der Waals surface area contributed by atoms with Crippen molar-refractivity contribution in [2.75, 3.05) is 39.9 Å². The molecule has 0 radical (unpaired) electrons. The van der Waals surface area contributed by atoms with Gasteiger partial charge in [0, 0.05) is 32.8 Å². The molecule has 0 aromatic carbocycles. The quantitative estimate of drug-likeness (QED) is 0.689. The zero-order valence-electron chi connectivity index (χ0n) is 12.6. The van der Waals surface area contributed by atoms with Crippen LogP contribution in [-0.4, -0.2) is 56.9 Å². The molecule has 5 heteroatoms. The lowest BCUT2D eigenvalue weighted by Crippen LogP contribution is -2.47. The van der Waals surface area contributed by atoms with Crippen LogP contribution in [0.5, 0.6) is 0 Å². The van der Waals surface area contributed by atoms with Gasteiger partial charge in [-0.15, -0.1) is 0 Å². The summed E-state index contributed by atoms with van der Waals surface area (Å²) in [5.74, 6) is 0.848. The highest BCUT2D eigenvalue weighted by atomic mass is 16.5. The summed E-state index contributed by atoms with van der Waals surface area (Å²) in [4.78, 5) is 14.0. The first-order valence-corrected chi connectivity index (χ1v) is 7.38. The molecule has 1 aliphatic heterocycles. The van der Waals surface area contributed by atoms with Crippen LogP contribution in [0.15, 0.2) is 0 Å². The van der Waals surface area contributed by atoms with Crippen molar-refractivity contribution in [1.29, 1.82) is 0 Å². The van der Waals surface area contributed by atoms with Crippen LogP contribution in [0, 0.1) is 5.92 Å². The maximum Gasteiger partial charge on any atom is 0.314 e. The third-order valence-corrected chi connectivity index (χ3v) is 3.81. The molecule has 0 spiro atoms. The molecule has 1 fully saturated rings. The van der Waals surface area contributed by atoms with Crippen molar-refractivity contribution in [2.24, 2.45) is 5.92 Å². The summed E-state index contributed by atoms with van der Waals surface area (Å²) in [5, 5.41) is 5.77. The fourth-order valence-electron chi connectivity index (χ4n) is 2.32. The van der Waals surface area contributed by atoms with Gasteiger partial charge in [0.25, 0.3) is 0 Å². The third kappa shape index (κ3) is 6.78. The summed E-state index contributed by atoms with van der Waals surface area (Å²) < 4.78 is 4.93. The first-order chi connectivity index (χ1) is 9.13. The number of nitrogens with one attached hydrogen (secondary N) is 2. The minimum Gasteiger partial charge on any atom is -0.385 e. The number of carbonyl (C=O) groups is 1. The van der Waals surface area contributed by atoms with Gasteiger partial charge in [0.2, 0.25) is 0 Å². The summed E-state index contributed by atoms with van der Waals surface area (Å²) in [6, 6.07) is 0.338. The van der Waals surface area contributed by atoms with E-state index < -0.39 is 0 Å². The van der Waals surface area contributed by atoms with Gasteiger partial charge >= 0.3 is 6.03 Å². The lowest BCUT2D eigenvalue weighted by molar-refractivity contribution is 0.145. The largest absolute Gasteiger partial charge is 0.385 e. The number of rotatable bonds is 7. The van der Waals surface area contributed by atoms with Gasteiger partial charge < -0.3 is 15.4 Å². The number of amides is 2. The van der Waals surface area contributed by atoms with Gasteiger partial charge in [0.15, 0.2) is 0 Å². The molecule has 5 nitrogen and oxygen atoms in total. The van der Waals surface area contributed by atoms with E-state index in [0.717, 1.165) is 25.4 Å². The molecule has 2 N–H and O–H groups in total. The highest BCUT2D eigenvalue weighted by Gasteiger charge is 2.20. The zero-order chi connectivity index (χ0) is 14.1. The Balaban J connectivity index is 2.08. The molecule has 0 saturated carbocycles. The molecule has 1 unspecified atom stereocenters. The average molecular weight is 271 g/mol. The minimum absolute atomic E-state index is 0.0756. The van der Waals surface area contributed by atoms with Gasteiger partial charge in [-0.1, -0.05) is 6.92 Å². The maximum atomic E-state index is 11.6. The van der Waals surface area contributed by atoms with Crippen LogP contribution < -0.4 is 10.6 Å². The van der Waals surface area contributed by atoms with Gasteiger partial charge in [0.05, 0.1) is 0 Å². The number of ether oxygens (including phenoxy) is 1. The van der Waals surface area contributed by atoms with E-state index in [1.165, 1.54) is 12.8 Å². The smallest absolute Gasteiger partial charge is 0.314 e. The van der Waals surface area contributed by atoms with Crippen molar-refractivity contribution in [1.82, 2.24) is 15.5 Å². The molecule has 2 amide bonds. The van der Waals surface area contributed by atoms with Crippen molar-refractivity contribution >= 4 is 6.03 Å². The monoisotopic (exact) mass is 271 g/mol. The average Bonchev–Trinajstić information content (AvgIpc) is 2.42. The molecular weight excluding hydrogens is 242 g/mol. The van der Waals surface area contributed by atoms with E-state index in [2.05, 4.69) is 29.4 Å². The van der Waals surface area contributed by atoms with Crippen LogP contribution in [0.2, 0.25) is 0 Å². The Morgan fingerprint density at radius 3 is 2.68 bits per heavy atom. The van der Waals surface area contributed by atoms with Crippen molar-refractivity contribution < 1.29 is 9.53 Å². The van der Waals surface area contributed by atoms with Crippen LogP contribution in [0.1, 0.15) is 33.1 Å². The topological polar surface area (TPSA) is 53.6 Å². The van der Waals surface area contributed by atoms with Gasteiger partial charge in [-0.2, -0.15) is 0 Å². The molecule has 1 heterocycles. The van der Waals surface area contributed by atoms with Gasteiger partial charge in [-0.05, 0) is 45.2 Å². The summed E-state index contributed by atoms with van der Waals surface area (Å²) in [7, 11) is 1.67. The second-order valence-corrected chi connectivity index (χ2v) is 5.55. The van der Waals surface area contributed by atoms with Crippen molar-refractivity contribution in [2.45, 2.75) is 39.2 Å². The van der Waals surface area contributed by atoms with Crippen LogP contribution in [0.3, 0.4) is 0 Å². The van der Waals surface area contributed by atoms with Crippen molar-refractivity contribution in [3.05, 3.63) is 0 Å². The van der Waals surface area contributed by atoms with Crippen molar-refractivity contribution in [3.8, 4) is 0 Å².